The van der Waals surface area contributed by atoms with Gasteiger partial charge in [0.2, 0.25) is 5.91 Å². The van der Waals surface area contributed by atoms with Gasteiger partial charge in [-0.2, -0.15) is 0 Å². The molecule has 0 aliphatic carbocycles. The maximum Gasteiger partial charge on any atom is 0.230 e. The fraction of sp³-hybridized carbons (Fsp3) is 0.286. The predicted molar refractivity (Wildman–Crippen MR) is 109 cm³/mol. The van der Waals surface area contributed by atoms with Crippen LogP contribution in [0.5, 0.6) is 0 Å². The Morgan fingerprint density at radius 3 is 2.69 bits per heavy atom. The number of hydrogen-bond donors (Lipinski definition) is 1. The number of halogens is 1. The van der Waals surface area contributed by atoms with E-state index in [4.69, 9.17) is 4.74 Å². The molecule has 1 aliphatic rings. The highest BCUT2D eigenvalue weighted by Crippen LogP contribution is 2.28. The van der Waals surface area contributed by atoms with E-state index in [0.29, 0.717) is 17.5 Å². The molecule has 0 radical (unpaired) electrons. The first-order valence-corrected chi connectivity index (χ1v) is 10.5. The Labute approximate surface area is 172 Å². The highest BCUT2D eigenvalue weighted by Gasteiger charge is 2.19. The number of hydrogen-bond acceptors (Lipinski definition) is 5. The van der Waals surface area contributed by atoms with Gasteiger partial charge in [0, 0.05) is 24.4 Å². The average Bonchev–Trinajstić information content (AvgIpc) is 3.42. The summed E-state index contributed by atoms with van der Waals surface area (Å²) in [4.78, 5) is 12.2. The van der Waals surface area contributed by atoms with Crippen LogP contribution in [0.2, 0.25) is 0 Å². The summed E-state index contributed by atoms with van der Waals surface area (Å²) >= 11 is 1.29. The smallest absolute Gasteiger partial charge is 0.230 e. The molecule has 150 valence electrons. The Balaban J connectivity index is 1.52. The molecule has 2 heterocycles. The molecule has 1 aromatic heterocycles. The van der Waals surface area contributed by atoms with Gasteiger partial charge in [-0.3, -0.25) is 9.36 Å². The van der Waals surface area contributed by atoms with Crippen molar-refractivity contribution in [1.29, 1.82) is 0 Å². The van der Waals surface area contributed by atoms with Crippen LogP contribution in [0, 0.1) is 5.82 Å². The van der Waals surface area contributed by atoms with Gasteiger partial charge in [-0.1, -0.05) is 42.1 Å². The number of carbonyl (C=O) groups excluding carboxylic acids is 1. The Morgan fingerprint density at radius 1 is 1.17 bits per heavy atom. The van der Waals surface area contributed by atoms with Crippen LogP contribution >= 0.6 is 11.8 Å². The molecule has 1 aliphatic heterocycles. The van der Waals surface area contributed by atoms with Crippen molar-refractivity contribution in [1.82, 2.24) is 20.1 Å². The summed E-state index contributed by atoms with van der Waals surface area (Å²) in [6, 6.07) is 15.8. The molecule has 1 N–H and O–H groups in total. The second-order valence-electron chi connectivity index (χ2n) is 6.71. The van der Waals surface area contributed by atoms with E-state index in [1.807, 2.05) is 34.9 Å². The molecule has 1 fully saturated rings. The third kappa shape index (κ3) is 4.83. The van der Waals surface area contributed by atoms with Crippen LogP contribution in [0.3, 0.4) is 0 Å². The topological polar surface area (TPSA) is 69.0 Å². The highest BCUT2D eigenvalue weighted by molar-refractivity contribution is 7.99. The van der Waals surface area contributed by atoms with Gasteiger partial charge in [-0.25, -0.2) is 4.39 Å². The minimum Gasteiger partial charge on any atom is -0.376 e. The van der Waals surface area contributed by atoms with Crippen molar-refractivity contribution in [3.63, 3.8) is 0 Å². The number of ether oxygens (including phenoxy) is 1. The molecule has 6 nitrogen and oxygen atoms in total. The third-order valence-corrected chi connectivity index (χ3v) is 5.56. The van der Waals surface area contributed by atoms with E-state index in [-0.39, 0.29) is 23.6 Å². The molecule has 1 amide bonds. The molecule has 1 atom stereocenters. The summed E-state index contributed by atoms with van der Waals surface area (Å²) < 4.78 is 20.8. The van der Waals surface area contributed by atoms with Gasteiger partial charge in [0.1, 0.15) is 5.82 Å². The number of nitrogens with one attached hydrogen (secondary N) is 1. The summed E-state index contributed by atoms with van der Waals surface area (Å²) in [6.07, 6.45) is 2.13. The van der Waals surface area contributed by atoms with Crippen LogP contribution in [0.4, 0.5) is 4.39 Å². The number of amides is 1. The summed E-state index contributed by atoms with van der Waals surface area (Å²) in [5.74, 6) is 0.451. The number of nitrogens with zero attached hydrogens (tertiary/aromatic N) is 3. The Bertz CT molecular complexity index is 957. The minimum absolute atomic E-state index is 0.0829. The van der Waals surface area contributed by atoms with Gasteiger partial charge in [-0.15, -0.1) is 10.2 Å². The Kier molecular flexibility index (Phi) is 6.21. The number of aromatic nitrogens is 3. The third-order valence-electron chi connectivity index (χ3n) is 4.63. The zero-order chi connectivity index (χ0) is 20.1. The summed E-state index contributed by atoms with van der Waals surface area (Å²) in [5.41, 5.74) is 1.62. The Hall–Kier alpha value is -2.71. The SMILES string of the molecule is O=C(CSc1nnc(-c2ccccc2)n1-c1ccc(F)cc1)NC[C@@H]1CCCO1. The summed E-state index contributed by atoms with van der Waals surface area (Å²) in [6.45, 7) is 1.29. The van der Waals surface area contributed by atoms with E-state index in [9.17, 15) is 9.18 Å². The number of benzene rings is 2. The lowest BCUT2D eigenvalue weighted by Crippen LogP contribution is -2.32. The molecule has 0 bridgehead atoms. The monoisotopic (exact) mass is 412 g/mol. The van der Waals surface area contributed by atoms with E-state index in [1.54, 1.807) is 12.1 Å². The van der Waals surface area contributed by atoms with E-state index in [2.05, 4.69) is 15.5 Å². The molecule has 0 unspecified atom stereocenters. The molecule has 2 aromatic carbocycles. The van der Waals surface area contributed by atoms with Gasteiger partial charge >= 0.3 is 0 Å². The molecular weight excluding hydrogens is 391 g/mol. The first-order chi connectivity index (χ1) is 14.2. The molecule has 3 aromatic rings. The maximum absolute atomic E-state index is 13.4. The highest BCUT2D eigenvalue weighted by atomic mass is 32.2. The van der Waals surface area contributed by atoms with Crippen molar-refractivity contribution in [2.45, 2.75) is 24.1 Å². The fourth-order valence-corrected chi connectivity index (χ4v) is 3.96. The van der Waals surface area contributed by atoms with E-state index < -0.39 is 0 Å². The molecular formula is C21H21FN4O2S. The quantitative estimate of drug-likeness (QED) is 0.602. The van der Waals surface area contributed by atoms with Crippen LogP contribution in [0.15, 0.2) is 59.8 Å². The van der Waals surface area contributed by atoms with Crippen molar-refractivity contribution < 1.29 is 13.9 Å². The van der Waals surface area contributed by atoms with Gasteiger partial charge in [0.05, 0.1) is 11.9 Å². The van der Waals surface area contributed by atoms with Gasteiger partial charge in [0.15, 0.2) is 11.0 Å². The van der Waals surface area contributed by atoms with Crippen molar-refractivity contribution in [3.8, 4) is 17.1 Å². The number of rotatable bonds is 7. The molecule has 8 heteroatoms. The van der Waals surface area contributed by atoms with Gasteiger partial charge in [-0.05, 0) is 37.1 Å². The van der Waals surface area contributed by atoms with Gasteiger partial charge in [0.25, 0.3) is 0 Å². The zero-order valence-electron chi connectivity index (χ0n) is 15.8. The lowest BCUT2D eigenvalue weighted by Gasteiger charge is -2.12. The second-order valence-corrected chi connectivity index (χ2v) is 7.65. The van der Waals surface area contributed by atoms with Crippen LogP contribution in [0.25, 0.3) is 17.1 Å². The molecule has 1 saturated heterocycles. The zero-order valence-corrected chi connectivity index (χ0v) is 16.6. The van der Waals surface area contributed by atoms with E-state index >= 15 is 0 Å². The number of thioether (sulfide) groups is 1. The van der Waals surface area contributed by atoms with Crippen LogP contribution < -0.4 is 5.32 Å². The largest absolute Gasteiger partial charge is 0.376 e. The van der Waals surface area contributed by atoms with Crippen LogP contribution in [0.1, 0.15) is 12.8 Å². The minimum atomic E-state index is -0.314. The second kappa shape index (κ2) is 9.19. The van der Waals surface area contributed by atoms with Crippen LogP contribution in [-0.4, -0.2) is 45.7 Å². The van der Waals surface area contributed by atoms with E-state index in [1.165, 1.54) is 23.9 Å². The van der Waals surface area contributed by atoms with Crippen molar-refractivity contribution in [3.05, 3.63) is 60.4 Å². The lowest BCUT2D eigenvalue weighted by molar-refractivity contribution is -0.119. The average molecular weight is 412 g/mol. The Morgan fingerprint density at radius 2 is 1.97 bits per heavy atom. The normalized spacial score (nSPS) is 16.1. The fourth-order valence-electron chi connectivity index (χ4n) is 3.17. The first kappa shape index (κ1) is 19.6. The molecule has 29 heavy (non-hydrogen) atoms. The standard InChI is InChI=1S/C21H21FN4O2S/c22-16-8-10-17(11-9-16)26-20(15-5-2-1-3-6-15)24-25-21(26)29-14-19(27)23-13-18-7-4-12-28-18/h1-3,5-6,8-11,18H,4,7,12-14H2,(H,23,27)/t18-/m0/s1. The van der Waals surface area contributed by atoms with Crippen molar-refractivity contribution in [2.24, 2.45) is 0 Å². The van der Waals surface area contributed by atoms with Crippen molar-refractivity contribution >= 4 is 17.7 Å². The molecule has 0 saturated carbocycles. The lowest BCUT2D eigenvalue weighted by atomic mass is 10.2. The van der Waals surface area contributed by atoms with E-state index in [0.717, 1.165) is 30.7 Å². The number of carbonyl (C=O) groups is 1. The molecule has 0 spiro atoms. The summed E-state index contributed by atoms with van der Waals surface area (Å²) in [7, 11) is 0. The van der Waals surface area contributed by atoms with Crippen molar-refractivity contribution in [2.75, 3.05) is 18.9 Å². The summed E-state index contributed by atoms with van der Waals surface area (Å²) in [5, 5.41) is 12.1. The first-order valence-electron chi connectivity index (χ1n) is 9.48. The molecule has 4 rings (SSSR count). The predicted octanol–water partition coefficient (Wildman–Crippen LogP) is 3.46. The van der Waals surface area contributed by atoms with Crippen LogP contribution in [-0.2, 0) is 9.53 Å². The maximum atomic E-state index is 13.4. The van der Waals surface area contributed by atoms with Gasteiger partial charge < -0.3 is 10.1 Å².